The van der Waals surface area contributed by atoms with Gasteiger partial charge in [-0.3, -0.25) is 4.98 Å². The van der Waals surface area contributed by atoms with Gasteiger partial charge in [-0.2, -0.15) is 0 Å². The molecule has 2 rings (SSSR count). The summed E-state index contributed by atoms with van der Waals surface area (Å²) in [5, 5.41) is 3.26. The van der Waals surface area contributed by atoms with Crippen LogP contribution in [0.4, 0.5) is 5.82 Å². The highest BCUT2D eigenvalue weighted by atomic mass is 15.2. The molecule has 0 aliphatic heterocycles. The van der Waals surface area contributed by atoms with Crippen LogP contribution in [0.15, 0.2) is 12.4 Å². The minimum absolute atomic E-state index is 0.646. The van der Waals surface area contributed by atoms with Gasteiger partial charge in [0.15, 0.2) is 0 Å². The highest BCUT2D eigenvalue weighted by molar-refractivity contribution is 5.36. The number of nitrogens with one attached hydrogen (secondary N) is 1. The minimum atomic E-state index is 0.646. The average molecular weight is 248 g/mol. The molecule has 1 N–H and O–H groups in total. The van der Waals surface area contributed by atoms with Crippen molar-refractivity contribution in [2.24, 2.45) is 0 Å². The first-order valence-electron chi connectivity index (χ1n) is 7.05. The molecule has 4 nitrogen and oxygen atoms in total. The molecule has 0 unspecified atom stereocenters. The van der Waals surface area contributed by atoms with Gasteiger partial charge in [-0.15, -0.1) is 0 Å². The molecule has 100 valence electrons. The summed E-state index contributed by atoms with van der Waals surface area (Å²) in [6.45, 7) is 3.86. The Kier molecular flexibility index (Phi) is 4.93. The Morgan fingerprint density at radius 1 is 1.22 bits per heavy atom. The van der Waals surface area contributed by atoms with Gasteiger partial charge in [0.05, 0.1) is 18.1 Å². The third kappa shape index (κ3) is 3.42. The molecule has 1 aromatic rings. The van der Waals surface area contributed by atoms with E-state index in [1.165, 1.54) is 32.1 Å². The van der Waals surface area contributed by atoms with Crippen LogP contribution in [0.1, 0.15) is 44.7 Å². The lowest BCUT2D eigenvalue weighted by Gasteiger charge is -2.31. The van der Waals surface area contributed by atoms with Crippen LogP contribution in [-0.2, 0) is 6.54 Å². The lowest BCUT2D eigenvalue weighted by Crippen LogP contribution is -2.34. The Bertz CT molecular complexity index is 343. The third-order valence-corrected chi connectivity index (χ3v) is 3.73. The molecule has 1 aromatic heterocycles. The zero-order valence-electron chi connectivity index (χ0n) is 11.5. The van der Waals surface area contributed by atoms with Crippen molar-refractivity contribution in [3.63, 3.8) is 0 Å². The van der Waals surface area contributed by atoms with Crippen LogP contribution in [0, 0.1) is 0 Å². The van der Waals surface area contributed by atoms with Crippen LogP contribution in [0.25, 0.3) is 0 Å². The fraction of sp³-hybridized carbons (Fsp3) is 0.714. The van der Waals surface area contributed by atoms with Gasteiger partial charge in [-0.1, -0.05) is 26.2 Å². The van der Waals surface area contributed by atoms with E-state index in [9.17, 15) is 0 Å². The summed E-state index contributed by atoms with van der Waals surface area (Å²) in [6.07, 6.45) is 10.5. The smallest absolute Gasteiger partial charge is 0.147 e. The molecular weight excluding hydrogens is 224 g/mol. The first-order chi connectivity index (χ1) is 8.81. The Morgan fingerprint density at radius 2 is 2.00 bits per heavy atom. The Labute approximate surface area is 110 Å². The molecule has 0 radical (unpaired) electrons. The molecule has 1 heterocycles. The van der Waals surface area contributed by atoms with E-state index in [4.69, 9.17) is 0 Å². The molecule has 0 bridgehead atoms. The van der Waals surface area contributed by atoms with Gasteiger partial charge in [-0.05, 0) is 19.4 Å². The SMILES string of the molecule is CCNCc1cnc(N(C)C2CCCCC2)cn1. The summed E-state index contributed by atoms with van der Waals surface area (Å²) in [5.74, 6) is 1.00. The molecule has 0 spiro atoms. The van der Waals surface area contributed by atoms with Crippen LogP contribution in [-0.4, -0.2) is 29.6 Å². The van der Waals surface area contributed by atoms with Gasteiger partial charge in [0.1, 0.15) is 5.82 Å². The van der Waals surface area contributed by atoms with Gasteiger partial charge in [0.25, 0.3) is 0 Å². The second kappa shape index (κ2) is 6.69. The van der Waals surface area contributed by atoms with Crippen molar-refractivity contribution in [2.45, 2.75) is 51.6 Å². The molecule has 0 saturated heterocycles. The zero-order chi connectivity index (χ0) is 12.8. The molecule has 1 saturated carbocycles. The highest BCUT2D eigenvalue weighted by Gasteiger charge is 2.19. The number of hydrogen-bond donors (Lipinski definition) is 1. The van der Waals surface area contributed by atoms with E-state index in [2.05, 4.69) is 34.2 Å². The first-order valence-corrected chi connectivity index (χ1v) is 7.05. The van der Waals surface area contributed by atoms with Gasteiger partial charge in [0, 0.05) is 19.6 Å². The lowest BCUT2D eigenvalue weighted by atomic mass is 9.94. The fourth-order valence-electron chi connectivity index (χ4n) is 2.53. The van der Waals surface area contributed by atoms with Crippen molar-refractivity contribution in [1.82, 2.24) is 15.3 Å². The van der Waals surface area contributed by atoms with Crippen LogP contribution in [0.3, 0.4) is 0 Å². The summed E-state index contributed by atoms with van der Waals surface area (Å²) in [5.41, 5.74) is 1.01. The Balaban J connectivity index is 1.95. The average Bonchev–Trinajstić information content (AvgIpc) is 2.46. The topological polar surface area (TPSA) is 41.1 Å². The summed E-state index contributed by atoms with van der Waals surface area (Å²) < 4.78 is 0. The Hall–Kier alpha value is -1.16. The normalized spacial score (nSPS) is 16.8. The van der Waals surface area contributed by atoms with Crippen molar-refractivity contribution in [3.05, 3.63) is 18.1 Å². The van der Waals surface area contributed by atoms with E-state index in [1.807, 2.05) is 12.4 Å². The van der Waals surface area contributed by atoms with Crippen molar-refractivity contribution in [3.8, 4) is 0 Å². The highest BCUT2D eigenvalue weighted by Crippen LogP contribution is 2.24. The maximum atomic E-state index is 4.53. The quantitative estimate of drug-likeness (QED) is 0.868. The molecule has 1 aliphatic rings. The molecule has 1 aliphatic carbocycles. The monoisotopic (exact) mass is 248 g/mol. The van der Waals surface area contributed by atoms with E-state index < -0.39 is 0 Å². The maximum absolute atomic E-state index is 4.53. The zero-order valence-corrected chi connectivity index (χ0v) is 11.5. The van der Waals surface area contributed by atoms with Crippen LogP contribution in [0.5, 0.6) is 0 Å². The van der Waals surface area contributed by atoms with E-state index in [0.717, 1.165) is 24.6 Å². The Morgan fingerprint density at radius 3 is 2.61 bits per heavy atom. The number of aromatic nitrogens is 2. The van der Waals surface area contributed by atoms with Crippen LogP contribution in [0.2, 0.25) is 0 Å². The predicted molar refractivity (Wildman–Crippen MR) is 74.7 cm³/mol. The van der Waals surface area contributed by atoms with E-state index in [0.29, 0.717) is 6.04 Å². The van der Waals surface area contributed by atoms with E-state index in [1.54, 1.807) is 0 Å². The number of nitrogens with zero attached hydrogens (tertiary/aromatic N) is 3. The van der Waals surface area contributed by atoms with Crippen molar-refractivity contribution < 1.29 is 0 Å². The first kappa shape index (κ1) is 13.3. The third-order valence-electron chi connectivity index (χ3n) is 3.73. The molecule has 0 atom stereocenters. The lowest BCUT2D eigenvalue weighted by molar-refractivity contribution is 0.425. The predicted octanol–water partition coefficient (Wildman–Crippen LogP) is 2.36. The van der Waals surface area contributed by atoms with Crippen molar-refractivity contribution in [1.29, 1.82) is 0 Å². The van der Waals surface area contributed by atoms with Gasteiger partial charge < -0.3 is 10.2 Å². The largest absolute Gasteiger partial charge is 0.355 e. The standard InChI is InChI=1S/C14H24N4/c1-3-15-9-12-10-17-14(11-16-12)18(2)13-7-5-4-6-8-13/h10-11,13,15H,3-9H2,1-2H3. The number of anilines is 1. The van der Waals surface area contributed by atoms with Gasteiger partial charge in [0.2, 0.25) is 0 Å². The van der Waals surface area contributed by atoms with Gasteiger partial charge in [-0.25, -0.2) is 4.98 Å². The summed E-state index contributed by atoms with van der Waals surface area (Å²) in [6, 6.07) is 0.646. The van der Waals surface area contributed by atoms with Crippen LogP contribution < -0.4 is 10.2 Å². The number of rotatable bonds is 5. The summed E-state index contributed by atoms with van der Waals surface area (Å²) in [7, 11) is 2.14. The van der Waals surface area contributed by atoms with Crippen LogP contribution >= 0.6 is 0 Å². The van der Waals surface area contributed by atoms with E-state index >= 15 is 0 Å². The molecule has 4 heteroatoms. The number of hydrogen-bond acceptors (Lipinski definition) is 4. The second-order valence-corrected chi connectivity index (χ2v) is 5.05. The molecule has 18 heavy (non-hydrogen) atoms. The van der Waals surface area contributed by atoms with Crippen molar-refractivity contribution in [2.75, 3.05) is 18.5 Å². The second-order valence-electron chi connectivity index (χ2n) is 5.05. The van der Waals surface area contributed by atoms with E-state index in [-0.39, 0.29) is 0 Å². The summed E-state index contributed by atoms with van der Waals surface area (Å²) >= 11 is 0. The maximum Gasteiger partial charge on any atom is 0.147 e. The van der Waals surface area contributed by atoms with Gasteiger partial charge >= 0.3 is 0 Å². The molecular formula is C14H24N4. The molecule has 1 fully saturated rings. The minimum Gasteiger partial charge on any atom is -0.355 e. The fourth-order valence-corrected chi connectivity index (χ4v) is 2.53. The van der Waals surface area contributed by atoms with Crippen molar-refractivity contribution >= 4 is 5.82 Å². The molecule has 0 aromatic carbocycles. The summed E-state index contributed by atoms with van der Waals surface area (Å²) in [4.78, 5) is 11.3. The molecule has 0 amide bonds.